The molecule has 0 aromatic carbocycles. The molecule has 2 heterocycles. The lowest BCUT2D eigenvalue weighted by atomic mass is 10.3. The van der Waals surface area contributed by atoms with Crippen LogP contribution in [0.25, 0.3) is 0 Å². The fraction of sp³-hybridized carbons (Fsp3) is 0.667. The van der Waals surface area contributed by atoms with Crippen LogP contribution in [0.15, 0.2) is 6.07 Å². The molecular weight excluding hydrogens is 298 g/mol. The van der Waals surface area contributed by atoms with E-state index in [2.05, 4.69) is 10.4 Å². The number of nitrogens with one attached hydrogen (secondary N) is 1. The van der Waals surface area contributed by atoms with Gasteiger partial charge in [-0.1, -0.05) is 0 Å². The van der Waals surface area contributed by atoms with E-state index in [-0.39, 0.29) is 12.0 Å². The maximum absolute atomic E-state index is 12.1. The number of rotatable bonds is 5. The summed E-state index contributed by atoms with van der Waals surface area (Å²) in [5.74, 6) is -0.185. The van der Waals surface area contributed by atoms with Crippen molar-refractivity contribution in [3.05, 3.63) is 17.5 Å². The van der Waals surface area contributed by atoms with Crippen LogP contribution >= 0.6 is 0 Å². The standard InChI is InChI=1S/C15H25N5O3/c1-4-23-15(22)19-7-5-8-20-12(11-19)10-13(17-20)14(21)16-6-9-18(2)3/h10H,4-9,11H2,1-3H3,(H,16,21). The normalized spacial score (nSPS) is 14.3. The summed E-state index contributed by atoms with van der Waals surface area (Å²) in [6.45, 7) is 5.22. The SMILES string of the molecule is CCOC(=O)N1CCCn2nc(C(=O)NCCN(C)C)cc2C1. The van der Waals surface area contributed by atoms with Gasteiger partial charge in [-0.25, -0.2) is 4.79 Å². The lowest BCUT2D eigenvalue weighted by Gasteiger charge is -2.18. The van der Waals surface area contributed by atoms with Crippen LogP contribution in [0.4, 0.5) is 4.79 Å². The van der Waals surface area contributed by atoms with Gasteiger partial charge in [-0.2, -0.15) is 5.10 Å². The van der Waals surface area contributed by atoms with Crippen LogP contribution in [-0.2, 0) is 17.8 Å². The molecule has 0 aliphatic carbocycles. The first-order valence-corrected chi connectivity index (χ1v) is 7.92. The molecule has 1 N–H and O–H groups in total. The van der Waals surface area contributed by atoms with Crippen LogP contribution in [0.3, 0.4) is 0 Å². The summed E-state index contributed by atoms with van der Waals surface area (Å²) in [6, 6.07) is 1.75. The number of aryl methyl sites for hydroxylation is 1. The van der Waals surface area contributed by atoms with E-state index in [1.165, 1.54) is 0 Å². The summed E-state index contributed by atoms with van der Waals surface area (Å²) < 4.78 is 6.86. The third-order valence-corrected chi connectivity index (χ3v) is 3.62. The van der Waals surface area contributed by atoms with Gasteiger partial charge in [-0.15, -0.1) is 0 Å². The molecule has 1 aliphatic heterocycles. The third-order valence-electron chi connectivity index (χ3n) is 3.62. The van der Waals surface area contributed by atoms with Crippen molar-refractivity contribution >= 4 is 12.0 Å². The average molecular weight is 323 g/mol. The van der Waals surface area contributed by atoms with Gasteiger partial charge in [0.25, 0.3) is 5.91 Å². The van der Waals surface area contributed by atoms with Crippen molar-refractivity contribution in [3.63, 3.8) is 0 Å². The number of aromatic nitrogens is 2. The molecule has 1 aromatic heterocycles. The molecule has 1 aromatic rings. The number of carbonyl (C=O) groups is 2. The van der Waals surface area contributed by atoms with Crippen molar-refractivity contribution in [2.75, 3.05) is 40.3 Å². The fourth-order valence-electron chi connectivity index (χ4n) is 2.43. The van der Waals surface area contributed by atoms with Crippen molar-refractivity contribution in [2.45, 2.75) is 26.4 Å². The van der Waals surface area contributed by atoms with Gasteiger partial charge in [0.1, 0.15) is 0 Å². The smallest absolute Gasteiger partial charge is 0.410 e. The first kappa shape index (κ1) is 17.3. The number of likely N-dealkylation sites (N-methyl/N-ethyl adjacent to an activating group) is 1. The molecule has 8 heteroatoms. The van der Waals surface area contributed by atoms with Gasteiger partial charge < -0.3 is 19.9 Å². The number of carbonyl (C=O) groups excluding carboxylic acids is 2. The molecule has 2 rings (SSSR count). The Hall–Kier alpha value is -2.09. The Bertz CT molecular complexity index is 555. The first-order valence-electron chi connectivity index (χ1n) is 7.92. The molecule has 1 aliphatic rings. The number of hydrogen-bond donors (Lipinski definition) is 1. The number of fused-ring (bicyclic) bond motifs is 1. The third kappa shape index (κ3) is 4.69. The van der Waals surface area contributed by atoms with Gasteiger partial charge in [-0.3, -0.25) is 9.48 Å². The fourth-order valence-corrected chi connectivity index (χ4v) is 2.43. The van der Waals surface area contributed by atoms with Gasteiger partial charge in [0.05, 0.1) is 18.8 Å². The molecule has 8 nitrogen and oxygen atoms in total. The van der Waals surface area contributed by atoms with Gasteiger partial charge in [0, 0.05) is 26.2 Å². The predicted molar refractivity (Wildman–Crippen MR) is 85.2 cm³/mol. The zero-order valence-corrected chi connectivity index (χ0v) is 14.0. The first-order chi connectivity index (χ1) is 11.0. The van der Waals surface area contributed by atoms with E-state index < -0.39 is 0 Å². The van der Waals surface area contributed by atoms with Gasteiger partial charge in [0.15, 0.2) is 5.69 Å². The Kier molecular flexibility index (Phi) is 5.97. The molecule has 0 bridgehead atoms. The van der Waals surface area contributed by atoms with E-state index in [9.17, 15) is 9.59 Å². The Labute approximate surface area is 136 Å². The maximum Gasteiger partial charge on any atom is 0.410 e. The Morgan fingerprint density at radius 1 is 1.39 bits per heavy atom. The van der Waals surface area contributed by atoms with Crippen molar-refractivity contribution in [3.8, 4) is 0 Å². The second kappa shape index (κ2) is 7.96. The van der Waals surface area contributed by atoms with E-state index in [0.29, 0.717) is 38.5 Å². The number of amides is 2. The molecule has 0 spiro atoms. The van der Waals surface area contributed by atoms with Gasteiger partial charge >= 0.3 is 6.09 Å². The monoisotopic (exact) mass is 323 g/mol. The van der Waals surface area contributed by atoms with Crippen LogP contribution in [-0.4, -0.2) is 71.9 Å². The summed E-state index contributed by atoms with van der Waals surface area (Å²) in [5.41, 5.74) is 1.25. The van der Waals surface area contributed by atoms with Crippen LogP contribution in [0.1, 0.15) is 29.5 Å². The lowest BCUT2D eigenvalue weighted by Crippen LogP contribution is -2.32. The van der Waals surface area contributed by atoms with Crippen molar-refractivity contribution in [1.82, 2.24) is 24.9 Å². The highest BCUT2D eigenvalue weighted by atomic mass is 16.6. The van der Waals surface area contributed by atoms with E-state index in [1.807, 2.05) is 19.0 Å². The molecule has 0 unspecified atom stereocenters. The molecule has 0 saturated heterocycles. The van der Waals surface area contributed by atoms with Crippen molar-refractivity contribution in [1.29, 1.82) is 0 Å². The molecule has 2 amide bonds. The Morgan fingerprint density at radius 2 is 2.17 bits per heavy atom. The molecule has 0 radical (unpaired) electrons. The highest BCUT2D eigenvalue weighted by molar-refractivity contribution is 5.92. The topological polar surface area (TPSA) is 79.7 Å². The molecule has 128 valence electrons. The molecule has 0 saturated carbocycles. The average Bonchev–Trinajstić information content (AvgIpc) is 2.79. The van der Waals surface area contributed by atoms with E-state index >= 15 is 0 Å². The summed E-state index contributed by atoms with van der Waals surface area (Å²) in [4.78, 5) is 27.7. The number of nitrogens with zero attached hydrogens (tertiary/aromatic N) is 4. The minimum Gasteiger partial charge on any atom is -0.450 e. The highest BCUT2D eigenvalue weighted by Crippen LogP contribution is 2.14. The zero-order chi connectivity index (χ0) is 16.8. The van der Waals surface area contributed by atoms with Crippen LogP contribution in [0, 0.1) is 0 Å². The Morgan fingerprint density at radius 3 is 2.87 bits per heavy atom. The zero-order valence-electron chi connectivity index (χ0n) is 14.0. The summed E-state index contributed by atoms with van der Waals surface area (Å²) >= 11 is 0. The summed E-state index contributed by atoms with van der Waals surface area (Å²) in [5, 5.41) is 7.21. The quantitative estimate of drug-likeness (QED) is 0.855. The Balaban J connectivity index is 2.01. The predicted octanol–water partition coefficient (Wildman–Crippen LogP) is 0.537. The number of ether oxygens (including phenoxy) is 1. The van der Waals surface area contributed by atoms with Gasteiger partial charge in [-0.05, 0) is 33.5 Å². The minimum absolute atomic E-state index is 0.185. The lowest BCUT2D eigenvalue weighted by molar-refractivity contribution is 0.0945. The van der Waals surface area contributed by atoms with E-state index in [0.717, 1.165) is 18.7 Å². The minimum atomic E-state index is -0.320. The van der Waals surface area contributed by atoms with E-state index in [4.69, 9.17) is 4.74 Å². The second-order valence-electron chi connectivity index (χ2n) is 5.78. The molecule has 23 heavy (non-hydrogen) atoms. The number of hydrogen-bond acceptors (Lipinski definition) is 5. The molecular formula is C15H25N5O3. The second-order valence-corrected chi connectivity index (χ2v) is 5.78. The van der Waals surface area contributed by atoms with Crippen molar-refractivity contribution < 1.29 is 14.3 Å². The van der Waals surface area contributed by atoms with Crippen LogP contribution < -0.4 is 5.32 Å². The van der Waals surface area contributed by atoms with Crippen LogP contribution in [0.5, 0.6) is 0 Å². The molecule has 0 atom stereocenters. The van der Waals surface area contributed by atoms with Crippen molar-refractivity contribution in [2.24, 2.45) is 0 Å². The van der Waals surface area contributed by atoms with E-state index in [1.54, 1.807) is 22.6 Å². The summed E-state index contributed by atoms with van der Waals surface area (Å²) in [6.07, 6.45) is 0.467. The highest BCUT2D eigenvalue weighted by Gasteiger charge is 2.22. The largest absolute Gasteiger partial charge is 0.450 e. The van der Waals surface area contributed by atoms with Gasteiger partial charge in [0.2, 0.25) is 0 Å². The molecule has 0 fully saturated rings. The van der Waals surface area contributed by atoms with Crippen LogP contribution in [0.2, 0.25) is 0 Å². The maximum atomic E-state index is 12.1. The summed E-state index contributed by atoms with van der Waals surface area (Å²) in [7, 11) is 3.91.